The summed E-state index contributed by atoms with van der Waals surface area (Å²) < 4.78 is 0. The highest BCUT2D eigenvalue weighted by atomic mass is 15.2. The third kappa shape index (κ3) is 4.66. The summed E-state index contributed by atoms with van der Waals surface area (Å²) in [4.78, 5) is 15.9. The maximum Gasteiger partial charge on any atom is 0.159 e. The molecule has 0 bridgehead atoms. The maximum atomic E-state index is 6.66. The molecular weight excluding hydrogens is 420 g/mol. The Hall–Kier alpha value is -4.45. The van der Waals surface area contributed by atoms with Crippen LogP contribution in [0.4, 0.5) is 23.0 Å². The normalized spacial score (nSPS) is 10.9. The third-order valence-corrected chi connectivity index (χ3v) is 5.72. The van der Waals surface area contributed by atoms with Crippen LogP contribution in [-0.2, 0) is 13.1 Å². The minimum absolute atomic E-state index is 0.506. The molecule has 2 heterocycles. The predicted molar refractivity (Wildman–Crippen MR) is 139 cm³/mol. The predicted octanol–water partition coefficient (Wildman–Crippen LogP) is 5.87. The average Bonchev–Trinajstić information content (AvgIpc) is 2.86. The highest BCUT2D eigenvalue weighted by Gasteiger charge is 2.17. The topological polar surface area (TPSA) is 80.0 Å². The summed E-state index contributed by atoms with van der Waals surface area (Å²) in [5, 5.41) is 4.43. The molecule has 0 saturated heterocycles. The summed E-state index contributed by atoms with van der Waals surface area (Å²) in [5.74, 6) is 1.27. The Labute approximate surface area is 199 Å². The van der Waals surface area contributed by atoms with Crippen molar-refractivity contribution in [1.29, 1.82) is 0 Å². The van der Waals surface area contributed by atoms with Gasteiger partial charge in [0.1, 0.15) is 12.0 Å². The van der Waals surface area contributed by atoms with E-state index in [0.29, 0.717) is 30.4 Å². The lowest BCUT2D eigenvalue weighted by atomic mass is 10.1. The zero-order chi connectivity index (χ0) is 23.3. The number of fused-ring (bicyclic) bond motifs is 1. The minimum Gasteiger partial charge on any atom is -0.393 e. The van der Waals surface area contributed by atoms with E-state index in [2.05, 4.69) is 55.5 Å². The van der Waals surface area contributed by atoms with E-state index in [1.165, 1.54) is 11.1 Å². The van der Waals surface area contributed by atoms with Crippen molar-refractivity contribution in [2.24, 2.45) is 0 Å². The number of aryl methyl sites for hydroxylation is 1. The Morgan fingerprint density at radius 2 is 1.44 bits per heavy atom. The molecule has 0 amide bonds. The van der Waals surface area contributed by atoms with Crippen LogP contribution in [0.15, 0.2) is 97.3 Å². The van der Waals surface area contributed by atoms with E-state index in [9.17, 15) is 0 Å². The van der Waals surface area contributed by atoms with Crippen molar-refractivity contribution in [3.05, 3.63) is 114 Å². The Morgan fingerprint density at radius 1 is 0.765 bits per heavy atom. The molecule has 2 aromatic heterocycles. The van der Waals surface area contributed by atoms with E-state index < -0.39 is 0 Å². The van der Waals surface area contributed by atoms with Crippen LogP contribution in [0.5, 0.6) is 0 Å². The van der Waals surface area contributed by atoms with Crippen molar-refractivity contribution in [2.75, 3.05) is 16.0 Å². The number of pyridine rings is 1. The Bertz CT molecular complexity index is 1360. The summed E-state index contributed by atoms with van der Waals surface area (Å²) in [6, 6.07) is 30.7. The molecule has 168 valence electrons. The Morgan fingerprint density at radius 3 is 2.12 bits per heavy atom. The first kappa shape index (κ1) is 21.4. The smallest absolute Gasteiger partial charge is 0.159 e. The molecule has 0 spiro atoms. The lowest BCUT2D eigenvalue weighted by Crippen LogP contribution is -2.24. The summed E-state index contributed by atoms with van der Waals surface area (Å²) in [7, 11) is 0. The number of benzene rings is 3. The van der Waals surface area contributed by atoms with Crippen molar-refractivity contribution < 1.29 is 0 Å². The molecular formula is C28H26N6. The van der Waals surface area contributed by atoms with Crippen LogP contribution in [0.2, 0.25) is 0 Å². The third-order valence-electron chi connectivity index (χ3n) is 5.72. The highest BCUT2D eigenvalue weighted by molar-refractivity contribution is 5.94. The molecule has 6 heteroatoms. The van der Waals surface area contributed by atoms with Gasteiger partial charge in [-0.3, -0.25) is 4.98 Å². The van der Waals surface area contributed by atoms with Gasteiger partial charge in [0, 0.05) is 29.9 Å². The van der Waals surface area contributed by atoms with Gasteiger partial charge in [-0.25, -0.2) is 9.97 Å². The van der Waals surface area contributed by atoms with Gasteiger partial charge < -0.3 is 16.0 Å². The van der Waals surface area contributed by atoms with Crippen molar-refractivity contribution in [1.82, 2.24) is 15.0 Å². The van der Waals surface area contributed by atoms with Crippen LogP contribution >= 0.6 is 0 Å². The number of aromatic nitrogens is 3. The van der Waals surface area contributed by atoms with E-state index in [1.807, 2.05) is 67.6 Å². The zero-order valence-electron chi connectivity index (χ0n) is 19.0. The molecule has 0 atom stereocenters. The monoisotopic (exact) mass is 446 g/mol. The lowest BCUT2D eigenvalue weighted by Gasteiger charge is -2.26. The number of nitrogens with zero attached hydrogens (tertiary/aromatic N) is 4. The summed E-state index contributed by atoms with van der Waals surface area (Å²) in [6.45, 7) is 3.34. The zero-order valence-corrected chi connectivity index (χ0v) is 19.0. The van der Waals surface area contributed by atoms with Gasteiger partial charge in [-0.2, -0.15) is 0 Å². The van der Waals surface area contributed by atoms with E-state index in [1.54, 1.807) is 6.33 Å². The number of hydrogen-bond acceptors (Lipinski definition) is 6. The first-order valence-corrected chi connectivity index (χ1v) is 11.2. The van der Waals surface area contributed by atoms with Gasteiger partial charge in [0.05, 0.1) is 5.52 Å². The average molecular weight is 447 g/mol. The van der Waals surface area contributed by atoms with E-state index >= 15 is 0 Å². The number of anilines is 4. The molecule has 0 unspecified atom stereocenters. The molecule has 3 N–H and O–H groups in total. The second-order valence-corrected chi connectivity index (χ2v) is 8.24. The molecule has 5 aromatic rings. The van der Waals surface area contributed by atoms with Crippen molar-refractivity contribution >= 4 is 33.9 Å². The van der Waals surface area contributed by atoms with Crippen LogP contribution in [0, 0.1) is 6.92 Å². The fraction of sp³-hybridized carbons (Fsp3) is 0.107. The van der Waals surface area contributed by atoms with Crippen molar-refractivity contribution in [3.8, 4) is 0 Å². The van der Waals surface area contributed by atoms with E-state index in [0.717, 1.165) is 22.3 Å². The fourth-order valence-corrected chi connectivity index (χ4v) is 4.04. The number of hydrogen-bond donors (Lipinski definition) is 2. The Kier molecular flexibility index (Phi) is 6.03. The SMILES string of the molecule is Cc1ccc2c(Nc3ncnc(N(Cc4ccccc4)Cc4ccccc4)c3N)cccc2n1. The molecule has 6 nitrogen and oxygen atoms in total. The molecule has 0 fully saturated rings. The largest absolute Gasteiger partial charge is 0.393 e. The molecule has 3 aromatic carbocycles. The van der Waals surface area contributed by atoms with Crippen LogP contribution in [0.3, 0.4) is 0 Å². The van der Waals surface area contributed by atoms with E-state index in [-0.39, 0.29) is 0 Å². The highest BCUT2D eigenvalue weighted by Crippen LogP contribution is 2.32. The standard InChI is InChI=1S/C28H26N6/c1-20-15-16-23-24(32-20)13-8-14-25(23)33-27-26(29)28(31-19-30-27)34(17-21-9-4-2-5-10-21)18-22-11-6-3-7-12-22/h2-16,19H,17-18,29H2,1H3,(H,30,31,33). The minimum atomic E-state index is 0.506. The molecule has 5 rings (SSSR count). The van der Waals surface area contributed by atoms with Gasteiger partial charge in [-0.15, -0.1) is 0 Å². The lowest BCUT2D eigenvalue weighted by molar-refractivity contribution is 0.782. The van der Waals surface area contributed by atoms with Crippen molar-refractivity contribution in [2.45, 2.75) is 20.0 Å². The number of nitrogens with two attached hydrogens (primary N) is 1. The van der Waals surface area contributed by atoms with Gasteiger partial charge in [0.2, 0.25) is 0 Å². The first-order chi connectivity index (χ1) is 16.7. The van der Waals surface area contributed by atoms with Crippen molar-refractivity contribution in [3.63, 3.8) is 0 Å². The van der Waals surface area contributed by atoms with Gasteiger partial charge >= 0.3 is 0 Å². The quantitative estimate of drug-likeness (QED) is 0.326. The molecule has 0 aliphatic heterocycles. The molecule has 0 saturated carbocycles. The van der Waals surface area contributed by atoms with Crippen LogP contribution in [0.25, 0.3) is 10.9 Å². The number of rotatable bonds is 7. The summed E-state index contributed by atoms with van der Waals surface area (Å²) in [5.41, 5.74) is 12.3. The van der Waals surface area contributed by atoms with Crippen LogP contribution in [0.1, 0.15) is 16.8 Å². The summed E-state index contributed by atoms with van der Waals surface area (Å²) in [6.07, 6.45) is 1.56. The number of nitrogens with one attached hydrogen (secondary N) is 1. The number of nitrogen functional groups attached to an aromatic ring is 1. The van der Waals surface area contributed by atoms with Gasteiger partial charge in [-0.1, -0.05) is 66.7 Å². The maximum absolute atomic E-state index is 6.66. The van der Waals surface area contributed by atoms with E-state index in [4.69, 9.17) is 5.73 Å². The molecule has 34 heavy (non-hydrogen) atoms. The van der Waals surface area contributed by atoms with Crippen LogP contribution in [-0.4, -0.2) is 15.0 Å². The Balaban J connectivity index is 1.51. The van der Waals surface area contributed by atoms with Crippen LogP contribution < -0.4 is 16.0 Å². The van der Waals surface area contributed by atoms with Gasteiger partial charge in [0.15, 0.2) is 11.6 Å². The summed E-state index contributed by atoms with van der Waals surface area (Å²) >= 11 is 0. The molecule has 0 aliphatic rings. The van der Waals surface area contributed by atoms with Gasteiger partial charge in [-0.05, 0) is 42.3 Å². The van der Waals surface area contributed by atoms with Gasteiger partial charge in [0.25, 0.3) is 0 Å². The fourth-order valence-electron chi connectivity index (χ4n) is 4.04. The molecule has 0 radical (unpaired) electrons. The second-order valence-electron chi connectivity index (χ2n) is 8.24. The first-order valence-electron chi connectivity index (χ1n) is 11.2. The molecule has 0 aliphatic carbocycles. The second kappa shape index (κ2) is 9.58.